The van der Waals surface area contributed by atoms with Gasteiger partial charge >= 0.3 is 0 Å². The third-order valence-electron chi connectivity index (χ3n) is 6.59. The van der Waals surface area contributed by atoms with Crippen LogP contribution in [0.5, 0.6) is 5.75 Å². The molecular weight excluding hydrogens is 510 g/mol. The van der Waals surface area contributed by atoms with E-state index < -0.39 is 9.84 Å². The Hall–Kier alpha value is -2.53. The molecule has 1 fully saturated rings. The number of amides is 1. The molecule has 1 saturated heterocycles. The SMILES string of the molecule is CCc1cccc2sc(N(CCCN3CCOCC3)C(=O)CCCS(=O)(=O)c3ccc(OC)cc3)nc12. The number of hydrogen-bond donors (Lipinski definition) is 0. The van der Waals surface area contributed by atoms with Crippen molar-refractivity contribution in [3.05, 3.63) is 48.0 Å². The molecule has 0 unspecified atom stereocenters. The molecule has 0 N–H and O–H groups in total. The summed E-state index contributed by atoms with van der Waals surface area (Å²) in [5.74, 6) is 0.417. The lowest BCUT2D eigenvalue weighted by Gasteiger charge is -2.27. The van der Waals surface area contributed by atoms with E-state index in [9.17, 15) is 13.2 Å². The lowest BCUT2D eigenvalue weighted by Crippen LogP contribution is -2.39. The summed E-state index contributed by atoms with van der Waals surface area (Å²) in [6, 6.07) is 12.5. The molecule has 3 aromatic rings. The van der Waals surface area contributed by atoms with Crippen LogP contribution < -0.4 is 9.64 Å². The highest BCUT2D eigenvalue weighted by atomic mass is 32.2. The Kier molecular flexibility index (Phi) is 9.53. The van der Waals surface area contributed by atoms with Crippen LogP contribution in [0.4, 0.5) is 5.13 Å². The van der Waals surface area contributed by atoms with Crippen LogP contribution in [0, 0.1) is 0 Å². The number of sulfone groups is 1. The fourth-order valence-corrected chi connectivity index (χ4v) is 6.82. The Morgan fingerprint density at radius 3 is 2.59 bits per heavy atom. The fraction of sp³-hybridized carbons (Fsp3) is 0.481. The van der Waals surface area contributed by atoms with E-state index in [1.54, 1.807) is 29.2 Å². The van der Waals surface area contributed by atoms with Crippen LogP contribution in [-0.4, -0.2) is 76.5 Å². The molecule has 1 aliphatic rings. The predicted molar refractivity (Wildman–Crippen MR) is 148 cm³/mol. The van der Waals surface area contributed by atoms with E-state index in [1.165, 1.54) is 18.4 Å². The van der Waals surface area contributed by atoms with Crippen molar-refractivity contribution in [2.75, 3.05) is 57.2 Å². The van der Waals surface area contributed by atoms with Crippen LogP contribution in [0.2, 0.25) is 0 Å². The van der Waals surface area contributed by atoms with Crippen LogP contribution in [0.15, 0.2) is 47.4 Å². The summed E-state index contributed by atoms with van der Waals surface area (Å²) in [5.41, 5.74) is 2.10. The monoisotopic (exact) mass is 545 g/mol. The van der Waals surface area contributed by atoms with E-state index in [2.05, 4.69) is 17.9 Å². The van der Waals surface area contributed by atoms with Crippen molar-refractivity contribution in [1.82, 2.24) is 9.88 Å². The van der Waals surface area contributed by atoms with Crippen molar-refractivity contribution in [1.29, 1.82) is 0 Å². The molecule has 1 aromatic heterocycles. The summed E-state index contributed by atoms with van der Waals surface area (Å²) in [5, 5.41) is 0.681. The van der Waals surface area contributed by atoms with Crippen molar-refractivity contribution in [2.45, 2.75) is 37.5 Å². The van der Waals surface area contributed by atoms with E-state index in [-0.39, 0.29) is 29.4 Å². The molecule has 0 spiro atoms. The number of carbonyl (C=O) groups excluding carboxylic acids is 1. The summed E-state index contributed by atoms with van der Waals surface area (Å²) in [6.45, 7) is 6.80. The molecule has 0 radical (unpaired) electrons. The smallest absolute Gasteiger partial charge is 0.228 e. The number of anilines is 1. The van der Waals surface area contributed by atoms with E-state index >= 15 is 0 Å². The zero-order valence-electron chi connectivity index (χ0n) is 21.5. The predicted octanol–water partition coefficient (Wildman–Crippen LogP) is 4.18. The van der Waals surface area contributed by atoms with Gasteiger partial charge in [0.05, 0.1) is 41.2 Å². The van der Waals surface area contributed by atoms with E-state index in [1.807, 2.05) is 12.1 Å². The minimum absolute atomic E-state index is 0.0908. The van der Waals surface area contributed by atoms with Gasteiger partial charge in [0.25, 0.3) is 0 Å². The zero-order valence-corrected chi connectivity index (χ0v) is 23.2. The summed E-state index contributed by atoms with van der Waals surface area (Å²) in [4.78, 5) is 22.6. The van der Waals surface area contributed by atoms with Gasteiger partial charge in [-0.1, -0.05) is 30.4 Å². The number of morpholine rings is 1. The van der Waals surface area contributed by atoms with Crippen molar-refractivity contribution >= 4 is 42.4 Å². The first-order valence-electron chi connectivity index (χ1n) is 12.8. The number of ether oxygens (including phenoxy) is 2. The van der Waals surface area contributed by atoms with Gasteiger partial charge in [0.15, 0.2) is 15.0 Å². The molecule has 0 atom stereocenters. The second-order valence-corrected chi connectivity index (χ2v) is 12.2. The Morgan fingerprint density at radius 1 is 1.14 bits per heavy atom. The summed E-state index contributed by atoms with van der Waals surface area (Å²) in [7, 11) is -1.95. The van der Waals surface area contributed by atoms with E-state index in [0.29, 0.717) is 17.4 Å². The van der Waals surface area contributed by atoms with Crippen LogP contribution in [0.3, 0.4) is 0 Å². The van der Waals surface area contributed by atoms with Crippen LogP contribution in [0.1, 0.15) is 31.7 Å². The van der Waals surface area contributed by atoms with Gasteiger partial charge in [-0.15, -0.1) is 0 Å². The quantitative estimate of drug-likeness (QED) is 0.337. The van der Waals surface area contributed by atoms with Gasteiger partial charge in [-0.3, -0.25) is 14.6 Å². The number of carbonyl (C=O) groups is 1. The maximum atomic E-state index is 13.4. The molecule has 10 heteroatoms. The molecule has 4 rings (SSSR count). The van der Waals surface area contributed by atoms with Crippen molar-refractivity contribution in [3.63, 3.8) is 0 Å². The lowest BCUT2D eigenvalue weighted by atomic mass is 10.1. The van der Waals surface area contributed by atoms with Crippen LogP contribution in [-0.2, 0) is 25.8 Å². The molecule has 0 bridgehead atoms. The Morgan fingerprint density at radius 2 is 1.89 bits per heavy atom. The molecule has 37 heavy (non-hydrogen) atoms. The largest absolute Gasteiger partial charge is 0.497 e. The standard InChI is InChI=1S/C27H35N3O5S2/c1-3-21-7-4-8-24-26(21)28-27(36-24)30(15-6-14-29-16-18-35-19-17-29)25(31)9-5-20-37(32,33)23-12-10-22(34-2)11-13-23/h4,7-8,10-13H,3,5-6,9,14-20H2,1-2H3. The lowest BCUT2D eigenvalue weighted by molar-refractivity contribution is -0.118. The average molecular weight is 546 g/mol. The Bertz CT molecular complexity index is 1290. The number of methoxy groups -OCH3 is 1. The number of thiazole rings is 1. The van der Waals surface area contributed by atoms with E-state index in [0.717, 1.165) is 61.5 Å². The number of para-hydroxylation sites is 1. The molecule has 0 saturated carbocycles. The molecule has 8 nitrogen and oxygen atoms in total. The minimum atomic E-state index is -3.49. The maximum Gasteiger partial charge on any atom is 0.228 e. The number of aryl methyl sites for hydroxylation is 1. The third-order valence-corrected chi connectivity index (χ3v) is 9.45. The number of fused-ring (bicyclic) bond motifs is 1. The number of nitrogens with zero attached hydrogens (tertiary/aromatic N) is 3. The Labute approximate surface area is 223 Å². The second kappa shape index (κ2) is 12.8. The van der Waals surface area contributed by atoms with Crippen molar-refractivity contribution in [2.24, 2.45) is 0 Å². The number of benzene rings is 2. The van der Waals surface area contributed by atoms with Gasteiger partial charge in [0.2, 0.25) is 5.91 Å². The van der Waals surface area contributed by atoms with Crippen LogP contribution in [0.25, 0.3) is 10.2 Å². The first-order valence-corrected chi connectivity index (χ1v) is 15.2. The average Bonchev–Trinajstić information content (AvgIpc) is 3.35. The normalized spacial score (nSPS) is 14.6. The molecule has 0 aliphatic carbocycles. The fourth-order valence-electron chi connectivity index (χ4n) is 4.45. The first-order chi connectivity index (χ1) is 17.9. The first kappa shape index (κ1) is 27.5. The molecule has 1 amide bonds. The maximum absolute atomic E-state index is 13.4. The molecule has 1 aliphatic heterocycles. The highest BCUT2D eigenvalue weighted by Gasteiger charge is 2.22. The highest BCUT2D eigenvalue weighted by molar-refractivity contribution is 7.91. The molecule has 2 aromatic carbocycles. The number of hydrogen-bond acceptors (Lipinski definition) is 8. The van der Waals surface area contributed by atoms with Gasteiger partial charge in [0, 0.05) is 32.6 Å². The summed E-state index contributed by atoms with van der Waals surface area (Å²) in [6.07, 6.45) is 2.07. The topological polar surface area (TPSA) is 89.0 Å². The van der Waals surface area contributed by atoms with E-state index in [4.69, 9.17) is 14.5 Å². The Balaban J connectivity index is 1.44. The van der Waals surface area contributed by atoms with Gasteiger partial charge in [0.1, 0.15) is 5.75 Å². The van der Waals surface area contributed by atoms with Crippen molar-refractivity contribution in [3.8, 4) is 5.75 Å². The van der Waals surface area contributed by atoms with Crippen LogP contribution >= 0.6 is 11.3 Å². The second-order valence-electron chi connectivity index (χ2n) is 9.06. The van der Waals surface area contributed by atoms with Gasteiger partial charge in [-0.05, 0) is 55.2 Å². The number of rotatable bonds is 12. The minimum Gasteiger partial charge on any atom is -0.497 e. The number of aromatic nitrogens is 1. The highest BCUT2D eigenvalue weighted by Crippen LogP contribution is 2.32. The summed E-state index contributed by atoms with van der Waals surface area (Å²) < 4.78 is 37.2. The van der Waals surface area contributed by atoms with Crippen molar-refractivity contribution < 1.29 is 22.7 Å². The van der Waals surface area contributed by atoms with Gasteiger partial charge in [-0.2, -0.15) is 0 Å². The molecule has 200 valence electrons. The molecule has 2 heterocycles. The van der Waals surface area contributed by atoms with Gasteiger partial charge in [-0.25, -0.2) is 13.4 Å². The zero-order chi connectivity index (χ0) is 26.3. The molecular formula is C27H35N3O5S2. The van der Waals surface area contributed by atoms with Gasteiger partial charge < -0.3 is 9.47 Å². The summed E-state index contributed by atoms with van der Waals surface area (Å²) >= 11 is 1.52. The third kappa shape index (κ3) is 7.07.